The normalized spacial score (nSPS) is 24.5. The minimum atomic E-state index is -1.66. The Labute approximate surface area is 115 Å². The summed E-state index contributed by atoms with van der Waals surface area (Å²) in [4.78, 5) is 26.8. The third kappa shape index (κ3) is 2.60. The van der Waals surface area contributed by atoms with Gasteiger partial charge in [-0.1, -0.05) is 30.4 Å². The van der Waals surface area contributed by atoms with Crippen molar-refractivity contribution in [2.45, 2.75) is 12.1 Å². The first-order valence-electron chi connectivity index (χ1n) is 6.02. The van der Waals surface area contributed by atoms with Crippen LogP contribution in [0.1, 0.15) is 5.56 Å². The second kappa shape index (κ2) is 5.66. The molecule has 6 nitrogen and oxygen atoms in total. The van der Waals surface area contributed by atoms with E-state index in [1.807, 2.05) is 0 Å². The molecular formula is C14H14N2O4. The summed E-state index contributed by atoms with van der Waals surface area (Å²) in [6, 6.07) is 3.52. The Kier molecular flexibility index (Phi) is 3.95. The van der Waals surface area contributed by atoms with Crippen molar-refractivity contribution in [3.8, 4) is 0 Å². The molecule has 104 valence electrons. The smallest absolute Gasteiger partial charge is 0.329 e. The Morgan fingerprint density at radius 2 is 2.15 bits per heavy atom. The SMILES string of the molecule is O=C(O)C1C=CC=CC1(NCc1cccnc1)C(=O)O. The van der Waals surface area contributed by atoms with E-state index in [-0.39, 0.29) is 6.54 Å². The molecule has 1 aromatic rings. The van der Waals surface area contributed by atoms with E-state index in [1.165, 1.54) is 24.3 Å². The highest BCUT2D eigenvalue weighted by atomic mass is 16.4. The number of nitrogens with zero attached hydrogens (tertiary/aromatic N) is 1. The molecule has 1 heterocycles. The maximum Gasteiger partial charge on any atom is 0.329 e. The van der Waals surface area contributed by atoms with Crippen LogP contribution in [0.3, 0.4) is 0 Å². The van der Waals surface area contributed by atoms with Crippen LogP contribution < -0.4 is 5.32 Å². The Bertz CT molecular complexity index is 568. The molecular weight excluding hydrogens is 260 g/mol. The predicted molar refractivity (Wildman–Crippen MR) is 70.8 cm³/mol. The maximum atomic E-state index is 11.6. The molecule has 0 amide bonds. The van der Waals surface area contributed by atoms with Crippen LogP contribution in [0.2, 0.25) is 0 Å². The summed E-state index contributed by atoms with van der Waals surface area (Å²) in [6.07, 6.45) is 9.01. The lowest BCUT2D eigenvalue weighted by Gasteiger charge is -2.33. The van der Waals surface area contributed by atoms with Crippen molar-refractivity contribution < 1.29 is 19.8 Å². The molecule has 2 unspecified atom stereocenters. The molecule has 0 aliphatic heterocycles. The zero-order chi connectivity index (χ0) is 14.6. The third-order valence-corrected chi connectivity index (χ3v) is 3.19. The predicted octanol–water partition coefficient (Wildman–Crippen LogP) is 0.821. The van der Waals surface area contributed by atoms with E-state index in [9.17, 15) is 19.8 Å². The molecule has 0 aromatic carbocycles. The fourth-order valence-electron chi connectivity index (χ4n) is 2.11. The number of nitrogens with one attached hydrogen (secondary N) is 1. The molecule has 0 saturated heterocycles. The van der Waals surface area contributed by atoms with Crippen LogP contribution in [-0.2, 0) is 16.1 Å². The summed E-state index contributed by atoms with van der Waals surface area (Å²) in [5, 5.41) is 21.5. The van der Waals surface area contributed by atoms with Gasteiger partial charge in [0.2, 0.25) is 0 Å². The summed E-state index contributed by atoms with van der Waals surface area (Å²) in [7, 11) is 0. The standard InChI is InChI=1S/C14H14N2O4/c17-12(18)11-5-1-2-6-14(11,13(19)20)16-9-10-4-3-7-15-8-10/h1-8,11,16H,9H2,(H,17,18)(H,19,20). The Morgan fingerprint density at radius 3 is 2.75 bits per heavy atom. The van der Waals surface area contributed by atoms with Gasteiger partial charge in [0, 0.05) is 18.9 Å². The van der Waals surface area contributed by atoms with Crippen LogP contribution in [0.5, 0.6) is 0 Å². The summed E-state index contributed by atoms with van der Waals surface area (Å²) in [6.45, 7) is 0.210. The summed E-state index contributed by atoms with van der Waals surface area (Å²) in [5.41, 5.74) is -0.878. The maximum absolute atomic E-state index is 11.6. The van der Waals surface area contributed by atoms with Crippen LogP contribution in [0.4, 0.5) is 0 Å². The first-order valence-corrected chi connectivity index (χ1v) is 6.02. The molecule has 0 radical (unpaired) electrons. The van der Waals surface area contributed by atoms with Crippen LogP contribution in [-0.4, -0.2) is 32.7 Å². The van der Waals surface area contributed by atoms with E-state index < -0.39 is 23.4 Å². The quantitative estimate of drug-likeness (QED) is 0.735. The fraction of sp³-hybridized carbons (Fsp3) is 0.214. The second-order valence-electron chi connectivity index (χ2n) is 4.45. The highest BCUT2D eigenvalue weighted by Crippen LogP contribution is 2.26. The molecule has 1 aromatic heterocycles. The number of hydrogen-bond donors (Lipinski definition) is 3. The van der Waals surface area contributed by atoms with Gasteiger partial charge in [-0.15, -0.1) is 0 Å². The summed E-state index contributed by atoms with van der Waals surface area (Å²) in [5.74, 6) is -3.58. The highest BCUT2D eigenvalue weighted by molar-refractivity contribution is 5.91. The van der Waals surface area contributed by atoms with E-state index >= 15 is 0 Å². The van der Waals surface area contributed by atoms with Crippen molar-refractivity contribution in [2.24, 2.45) is 5.92 Å². The largest absolute Gasteiger partial charge is 0.481 e. The molecule has 2 rings (SSSR count). The number of allylic oxidation sites excluding steroid dienone is 2. The number of carbonyl (C=O) groups is 2. The van der Waals surface area contributed by atoms with E-state index in [0.29, 0.717) is 0 Å². The van der Waals surface area contributed by atoms with Gasteiger partial charge in [0.15, 0.2) is 5.54 Å². The first kappa shape index (κ1) is 14.0. The molecule has 0 bridgehead atoms. The lowest BCUT2D eigenvalue weighted by molar-refractivity contribution is -0.153. The zero-order valence-electron chi connectivity index (χ0n) is 10.6. The van der Waals surface area contributed by atoms with Gasteiger partial charge < -0.3 is 10.2 Å². The van der Waals surface area contributed by atoms with Gasteiger partial charge in [0.1, 0.15) is 5.92 Å². The lowest BCUT2D eigenvalue weighted by atomic mass is 9.80. The Hall–Kier alpha value is -2.47. The molecule has 20 heavy (non-hydrogen) atoms. The van der Waals surface area contributed by atoms with E-state index in [1.54, 1.807) is 24.5 Å². The molecule has 3 N–H and O–H groups in total. The molecule has 0 spiro atoms. The highest BCUT2D eigenvalue weighted by Gasteiger charge is 2.47. The fourth-order valence-corrected chi connectivity index (χ4v) is 2.11. The average Bonchev–Trinajstić information content (AvgIpc) is 2.46. The van der Waals surface area contributed by atoms with Gasteiger partial charge in [-0.05, 0) is 11.6 Å². The number of aromatic nitrogens is 1. The number of aliphatic carboxylic acids is 2. The van der Waals surface area contributed by atoms with Gasteiger partial charge in [-0.3, -0.25) is 15.1 Å². The molecule has 6 heteroatoms. The van der Waals surface area contributed by atoms with E-state index in [0.717, 1.165) is 5.56 Å². The van der Waals surface area contributed by atoms with Crippen LogP contribution in [0, 0.1) is 5.92 Å². The van der Waals surface area contributed by atoms with Crippen molar-refractivity contribution >= 4 is 11.9 Å². The van der Waals surface area contributed by atoms with Crippen molar-refractivity contribution in [3.05, 3.63) is 54.4 Å². The molecule has 1 aliphatic carbocycles. The van der Waals surface area contributed by atoms with E-state index in [4.69, 9.17) is 0 Å². The van der Waals surface area contributed by atoms with Gasteiger partial charge >= 0.3 is 11.9 Å². The number of hydrogen-bond acceptors (Lipinski definition) is 4. The lowest BCUT2D eigenvalue weighted by Crippen LogP contribution is -2.58. The number of carboxylic acids is 2. The molecule has 1 aliphatic rings. The van der Waals surface area contributed by atoms with Crippen LogP contribution >= 0.6 is 0 Å². The van der Waals surface area contributed by atoms with E-state index in [2.05, 4.69) is 10.3 Å². The topological polar surface area (TPSA) is 99.5 Å². The summed E-state index contributed by atoms with van der Waals surface area (Å²) >= 11 is 0. The summed E-state index contributed by atoms with van der Waals surface area (Å²) < 4.78 is 0. The van der Waals surface area contributed by atoms with Gasteiger partial charge in [-0.25, -0.2) is 4.79 Å². The minimum absolute atomic E-state index is 0.210. The monoisotopic (exact) mass is 274 g/mol. The number of pyridine rings is 1. The number of rotatable bonds is 5. The van der Waals surface area contributed by atoms with Crippen molar-refractivity contribution in [1.29, 1.82) is 0 Å². The second-order valence-corrected chi connectivity index (χ2v) is 4.45. The van der Waals surface area contributed by atoms with Crippen molar-refractivity contribution in [2.75, 3.05) is 0 Å². The number of carboxylic acid groups (broad SMARTS) is 2. The van der Waals surface area contributed by atoms with Gasteiger partial charge in [0.05, 0.1) is 0 Å². The molecule has 0 fully saturated rings. The first-order chi connectivity index (χ1) is 9.56. The van der Waals surface area contributed by atoms with Crippen LogP contribution in [0.15, 0.2) is 48.8 Å². The minimum Gasteiger partial charge on any atom is -0.481 e. The molecule has 0 saturated carbocycles. The average molecular weight is 274 g/mol. The Morgan fingerprint density at radius 1 is 1.35 bits per heavy atom. The van der Waals surface area contributed by atoms with Crippen LogP contribution in [0.25, 0.3) is 0 Å². The van der Waals surface area contributed by atoms with Crippen molar-refractivity contribution in [1.82, 2.24) is 10.3 Å². The molecule has 2 atom stereocenters. The van der Waals surface area contributed by atoms with Crippen molar-refractivity contribution in [3.63, 3.8) is 0 Å². The van der Waals surface area contributed by atoms with Gasteiger partial charge in [0.25, 0.3) is 0 Å². The van der Waals surface area contributed by atoms with Gasteiger partial charge in [-0.2, -0.15) is 0 Å². The zero-order valence-corrected chi connectivity index (χ0v) is 10.6. The Balaban J connectivity index is 2.25. The third-order valence-electron chi connectivity index (χ3n) is 3.19.